The Morgan fingerprint density at radius 2 is 2.27 bits per heavy atom. The maximum absolute atomic E-state index is 8.69. The highest BCUT2D eigenvalue weighted by Gasteiger charge is 2.01. The third-order valence-corrected chi connectivity index (χ3v) is 2.48. The van der Waals surface area contributed by atoms with Crippen molar-refractivity contribution in [3.8, 4) is 0 Å². The number of hydrogen-bond acceptors (Lipinski definition) is 3. The van der Waals surface area contributed by atoms with Crippen LogP contribution in [-0.2, 0) is 11.3 Å². The second-order valence-electron chi connectivity index (χ2n) is 3.54. The molecule has 0 bridgehead atoms. The Morgan fingerprint density at radius 3 is 2.87 bits per heavy atom. The maximum Gasteiger partial charge on any atom is 0.0717 e. The molecule has 0 unspecified atom stereocenters. The molecule has 0 saturated heterocycles. The van der Waals surface area contributed by atoms with Gasteiger partial charge in [0.1, 0.15) is 0 Å². The first-order chi connectivity index (χ1) is 7.13. The highest BCUT2D eigenvalue weighted by molar-refractivity contribution is 6.31. The number of aliphatic hydroxyl groups is 1. The average Bonchev–Trinajstić information content (AvgIpc) is 2.23. The van der Waals surface area contributed by atoms with Gasteiger partial charge in [0.15, 0.2) is 0 Å². The molecule has 15 heavy (non-hydrogen) atoms. The van der Waals surface area contributed by atoms with Gasteiger partial charge < -0.3 is 15.6 Å². The average molecular weight is 230 g/mol. The number of aryl methyl sites for hydroxylation is 1. The van der Waals surface area contributed by atoms with Crippen LogP contribution >= 0.6 is 11.6 Å². The molecule has 0 aromatic heterocycles. The van der Waals surface area contributed by atoms with Crippen molar-refractivity contribution in [2.24, 2.45) is 5.73 Å². The number of hydrogen-bond donors (Lipinski definition) is 2. The first kappa shape index (κ1) is 12.5. The third-order valence-electron chi connectivity index (χ3n) is 2.06. The van der Waals surface area contributed by atoms with Crippen molar-refractivity contribution >= 4 is 11.6 Å². The summed E-state index contributed by atoms with van der Waals surface area (Å²) in [6, 6.07) is 5.44. The Hall–Kier alpha value is -0.610. The minimum absolute atomic E-state index is 0.0559. The Morgan fingerprint density at radius 1 is 1.53 bits per heavy atom. The standard InChI is InChI=1S/C11H16ClNO2/c1-8-4-9(2-3-11(8)12)6-15-7-10(13)5-14/h2-4,10,14H,5-7,13H2,1H3/t10-/m0/s1. The van der Waals surface area contributed by atoms with Crippen LogP contribution in [0.1, 0.15) is 11.1 Å². The summed E-state index contributed by atoms with van der Waals surface area (Å²) in [5.74, 6) is 0. The van der Waals surface area contributed by atoms with Crippen molar-refractivity contribution in [2.75, 3.05) is 13.2 Å². The summed E-state index contributed by atoms with van der Waals surface area (Å²) >= 11 is 5.89. The van der Waals surface area contributed by atoms with E-state index in [0.717, 1.165) is 16.1 Å². The number of aliphatic hydroxyl groups excluding tert-OH is 1. The molecule has 0 heterocycles. The molecule has 0 fully saturated rings. The summed E-state index contributed by atoms with van der Waals surface area (Å²) in [5.41, 5.74) is 7.58. The summed E-state index contributed by atoms with van der Waals surface area (Å²) in [4.78, 5) is 0. The van der Waals surface area contributed by atoms with Crippen LogP contribution in [0.25, 0.3) is 0 Å². The number of halogens is 1. The molecule has 0 aliphatic carbocycles. The SMILES string of the molecule is Cc1cc(COC[C@@H](N)CO)ccc1Cl. The largest absolute Gasteiger partial charge is 0.395 e. The second kappa shape index (κ2) is 6.08. The van der Waals surface area contributed by atoms with Crippen LogP contribution in [0.2, 0.25) is 5.02 Å². The first-order valence-electron chi connectivity index (χ1n) is 4.82. The van der Waals surface area contributed by atoms with Gasteiger partial charge in [0.2, 0.25) is 0 Å². The predicted octanol–water partition coefficient (Wildman–Crippen LogP) is 1.48. The predicted molar refractivity (Wildman–Crippen MR) is 60.9 cm³/mol. The van der Waals surface area contributed by atoms with Gasteiger partial charge in [-0.2, -0.15) is 0 Å². The third kappa shape index (κ3) is 4.18. The lowest BCUT2D eigenvalue weighted by Gasteiger charge is -2.09. The Balaban J connectivity index is 2.41. The maximum atomic E-state index is 8.69. The molecular formula is C11H16ClNO2. The van der Waals surface area contributed by atoms with Crippen molar-refractivity contribution in [3.05, 3.63) is 34.3 Å². The molecule has 3 N–H and O–H groups in total. The van der Waals surface area contributed by atoms with Crippen molar-refractivity contribution in [2.45, 2.75) is 19.6 Å². The van der Waals surface area contributed by atoms with E-state index in [-0.39, 0.29) is 12.6 Å². The lowest BCUT2D eigenvalue weighted by atomic mass is 10.1. The van der Waals surface area contributed by atoms with E-state index in [1.54, 1.807) is 0 Å². The van der Waals surface area contributed by atoms with Crippen LogP contribution in [0, 0.1) is 6.92 Å². The van der Waals surface area contributed by atoms with Gasteiger partial charge in [-0.3, -0.25) is 0 Å². The Labute approximate surface area is 94.8 Å². The molecule has 0 radical (unpaired) electrons. The van der Waals surface area contributed by atoms with Gasteiger partial charge in [-0.25, -0.2) is 0 Å². The van der Waals surface area contributed by atoms with Crippen LogP contribution in [0.4, 0.5) is 0 Å². The fraction of sp³-hybridized carbons (Fsp3) is 0.455. The van der Waals surface area contributed by atoms with E-state index >= 15 is 0 Å². The molecular weight excluding hydrogens is 214 g/mol. The molecule has 1 atom stereocenters. The molecule has 0 aliphatic heterocycles. The van der Waals surface area contributed by atoms with Gasteiger partial charge in [-0.05, 0) is 24.1 Å². The van der Waals surface area contributed by atoms with Gasteiger partial charge in [0.25, 0.3) is 0 Å². The highest BCUT2D eigenvalue weighted by Crippen LogP contribution is 2.16. The van der Waals surface area contributed by atoms with Crippen LogP contribution in [0.3, 0.4) is 0 Å². The molecule has 4 heteroatoms. The van der Waals surface area contributed by atoms with E-state index in [1.807, 2.05) is 25.1 Å². The number of benzene rings is 1. The lowest BCUT2D eigenvalue weighted by Crippen LogP contribution is -2.29. The van der Waals surface area contributed by atoms with Crippen LogP contribution in [-0.4, -0.2) is 24.4 Å². The topological polar surface area (TPSA) is 55.5 Å². The Kier molecular flexibility index (Phi) is 5.05. The normalized spacial score (nSPS) is 12.8. The molecule has 1 rings (SSSR count). The number of ether oxygens (including phenoxy) is 1. The minimum Gasteiger partial charge on any atom is -0.395 e. The fourth-order valence-electron chi connectivity index (χ4n) is 1.18. The highest BCUT2D eigenvalue weighted by atomic mass is 35.5. The summed E-state index contributed by atoms with van der Waals surface area (Å²) < 4.78 is 5.34. The molecule has 0 spiro atoms. The van der Waals surface area contributed by atoms with Gasteiger partial charge >= 0.3 is 0 Å². The first-order valence-corrected chi connectivity index (χ1v) is 5.20. The zero-order valence-electron chi connectivity index (χ0n) is 8.74. The summed E-state index contributed by atoms with van der Waals surface area (Å²) in [5, 5.41) is 9.45. The fourth-order valence-corrected chi connectivity index (χ4v) is 1.29. The monoisotopic (exact) mass is 229 g/mol. The molecule has 0 saturated carbocycles. The minimum atomic E-state index is -0.307. The summed E-state index contributed by atoms with van der Waals surface area (Å²) in [6.07, 6.45) is 0. The molecule has 0 amide bonds. The lowest BCUT2D eigenvalue weighted by molar-refractivity contribution is 0.0899. The number of rotatable bonds is 5. The van der Waals surface area contributed by atoms with E-state index < -0.39 is 0 Å². The van der Waals surface area contributed by atoms with Crippen LogP contribution < -0.4 is 5.73 Å². The number of nitrogens with two attached hydrogens (primary N) is 1. The zero-order chi connectivity index (χ0) is 11.3. The van der Waals surface area contributed by atoms with Crippen molar-refractivity contribution < 1.29 is 9.84 Å². The molecule has 0 aliphatic rings. The van der Waals surface area contributed by atoms with Crippen LogP contribution in [0.15, 0.2) is 18.2 Å². The van der Waals surface area contributed by atoms with Crippen molar-refractivity contribution in [1.82, 2.24) is 0 Å². The van der Waals surface area contributed by atoms with Gasteiger partial charge in [-0.1, -0.05) is 23.7 Å². The van der Waals surface area contributed by atoms with Gasteiger partial charge in [0.05, 0.1) is 25.9 Å². The second-order valence-corrected chi connectivity index (χ2v) is 3.95. The molecule has 1 aromatic carbocycles. The van der Waals surface area contributed by atoms with Gasteiger partial charge in [-0.15, -0.1) is 0 Å². The van der Waals surface area contributed by atoms with Crippen molar-refractivity contribution in [1.29, 1.82) is 0 Å². The smallest absolute Gasteiger partial charge is 0.0717 e. The van der Waals surface area contributed by atoms with E-state index in [1.165, 1.54) is 0 Å². The van der Waals surface area contributed by atoms with E-state index in [4.69, 9.17) is 27.2 Å². The quantitative estimate of drug-likeness (QED) is 0.804. The molecule has 3 nitrogen and oxygen atoms in total. The van der Waals surface area contributed by atoms with Crippen molar-refractivity contribution in [3.63, 3.8) is 0 Å². The Bertz CT molecular complexity index is 317. The van der Waals surface area contributed by atoms with E-state index in [0.29, 0.717) is 13.2 Å². The molecule has 1 aromatic rings. The zero-order valence-corrected chi connectivity index (χ0v) is 9.50. The van der Waals surface area contributed by atoms with Gasteiger partial charge in [0, 0.05) is 5.02 Å². The summed E-state index contributed by atoms with van der Waals surface area (Å²) in [7, 11) is 0. The van der Waals surface area contributed by atoms with E-state index in [2.05, 4.69) is 0 Å². The summed E-state index contributed by atoms with van der Waals surface area (Å²) in [6.45, 7) is 2.74. The van der Waals surface area contributed by atoms with Crippen LogP contribution in [0.5, 0.6) is 0 Å². The molecule has 84 valence electrons. The van der Waals surface area contributed by atoms with E-state index in [9.17, 15) is 0 Å².